The van der Waals surface area contributed by atoms with E-state index in [0.717, 1.165) is 30.1 Å². The second kappa shape index (κ2) is 8.11. The van der Waals surface area contributed by atoms with Gasteiger partial charge in [0.05, 0.1) is 5.56 Å². The van der Waals surface area contributed by atoms with Crippen LogP contribution in [0.25, 0.3) is 22.6 Å². The molecule has 2 aliphatic rings. The Balaban J connectivity index is 1.42. The van der Waals surface area contributed by atoms with Crippen LogP contribution in [0.3, 0.4) is 0 Å². The van der Waals surface area contributed by atoms with Crippen molar-refractivity contribution < 1.29 is 4.79 Å². The molecule has 1 saturated carbocycles. The predicted molar refractivity (Wildman–Crippen MR) is 122 cm³/mol. The molecule has 9 heteroatoms. The smallest absolute Gasteiger partial charge is 0.245 e. The molecule has 0 unspecified atom stereocenters. The number of nitrogens with one attached hydrogen (secondary N) is 1. The van der Waals surface area contributed by atoms with E-state index in [-0.39, 0.29) is 11.9 Å². The molecule has 1 spiro atoms. The number of hydrogen-bond donors (Lipinski definition) is 1. The number of amides is 1. The van der Waals surface area contributed by atoms with E-state index in [2.05, 4.69) is 32.2 Å². The Hall–Kier alpha value is -3.10. The van der Waals surface area contributed by atoms with Gasteiger partial charge in [-0.05, 0) is 33.1 Å². The summed E-state index contributed by atoms with van der Waals surface area (Å²) in [7, 11) is 0. The first-order valence-electron chi connectivity index (χ1n) is 11.6. The van der Waals surface area contributed by atoms with Crippen LogP contribution in [0.1, 0.15) is 51.8 Å². The van der Waals surface area contributed by atoms with E-state index in [1.807, 2.05) is 23.3 Å². The molecule has 1 amide bonds. The Morgan fingerprint density at radius 2 is 1.84 bits per heavy atom. The van der Waals surface area contributed by atoms with Crippen molar-refractivity contribution in [1.82, 2.24) is 34.4 Å². The quantitative estimate of drug-likeness (QED) is 0.635. The van der Waals surface area contributed by atoms with E-state index < -0.39 is 0 Å². The maximum Gasteiger partial charge on any atom is 0.245 e. The number of rotatable bonds is 6. The SMILES string of the molecule is CC[C@@H](Nc1ncnc2c1nc(-c1cnc(C)nc1)n2CC)C(=O)N1CC2(CCCC2)C1. The van der Waals surface area contributed by atoms with Gasteiger partial charge in [-0.2, -0.15) is 0 Å². The molecule has 1 saturated heterocycles. The van der Waals surface area contributed by atoms with Gasteiger partial charge in [-0.3, -0.25) is 4.79 Å². The first-order chi connectivity index (χ1) is 15.5. The molecule has 5 rings (SSSR count). The van der Waals surface area contributed by atoms with Crippen LogP contribution in [0.4, 0.5) is 5.82 Å². The molecule has 9 nitrogen and oxygen atoms in total. The lowest BCUT2D eigenvalue weighted by Gasteiger charge is -2.49. The van der Waals surface area contributed by atoms with Crippen LogP contribution in [0.15, 0.2) is 18.7 Å². The normalized spacial score (nSPS) is 18.2. The maximum absolute atomic E-state index is 13.2. The summed E-state index contributed by atoms with van der Waals surface area (Å²) in [6.45, 7) is 8.42. The highest BCUT2D eigenvalue weighted by molar-refractivity contribution is 5.90. The van der Waals surface area contributed by atoms with Gasteiger partial charge in [0.25, 0.3) is 0 Å². The average Bonchev–Trinajstić information content (AvgIpc) is 3.42. The summed E-state index contributed by atoms with van der Waals surface area (Å²) in [5.41, 5.74) is 2.61. The van der Waals surface area contributed by atoms with Crippen LogP contribution in [0.5, 0.6) is 0 Å². The molecule has 3 aromatic heterocycles. The summed E-state index contributed by atoms with van der Waals surface area (Å²) in [4.78, 5) is 37.6. The van der Waals surface area contributed by atoms with Crippen molar-refractivity contribution in [2.75, 3.05) is 18.4 Å². The van der Waals surface area contributed by atoms with Crippen LogP contribution in [-0.4, -0.2) is 59.4 Å². The van der Waals surface area contributed by atoms with Crippen LogP contribution in [0, 0.1) is 12.3 Å². The van der Waals surface area contributed by atoms with Gasteiger partial charge >= 0.3 is 0 Å². The third-order valence-corrected chi connectivity index (χ3v) is 6.93. The van der Waals surface area contributed by atoms with Gasteiger partial charge in [0, 0.05) is 37.4 Å². The fraction of sp³-hybridized carbons (Fsp3) is 0.565. The van der Waals surface area contributed by atoms with E-state index in [4.69, 9.17) is 4.98 Å². The number of aromatic nitrogens is 6. The van der Waals surface area contributed by atoms with Crippen LogP contribution < -0.4 is 5.32 Å². The Bertz CT molecular complexity index is 1120. The zero-order valence-electron chi connectivity index (χ0n) is 19.0. The number of aryl methyl sites for hydroxylation is 2. The van der Waals surface area contributed by atoms with Crippen molar-refractivity contribution in [2.24, 2.45) is 5.41 Å². The van der Waals surface area contributed by atoms with Crippen molar-refractivity contribution >= 4 is 22.9 Å². The number of likely N-dealkylation sites (tertiary alicyclic amines) is 1. The Labute approximate surface area is 187 Å². The average molecular weight is 435 g/mol. The molecule has 1 atom stereocenters. The van der Waals surface area contributed by atoms with Crippen LogP contribution in [-0.2, 0) is 11.3 Å². The van der Waals surface area contributed by atoms with Gasteiger partial charge in [0.15, 0.2) is 17.0 Å². The predicted octanol–water partition coefficient (Wildman–Crippen LogP) is 3.20. The molecular formula is C23H30N8O. The Kier molecular flexibility index (Phi) is 5.27. The van der Waals surface area contributed by atoms with Crippen molar-refractivity contribution in [1.29, 1.82) is 0 Å². The minimum Gasteiger partial charge on any atom is -0.356 e. The summed E-state index contributed by atoms with van der Waals surface area (Å²) in [5.74, 6) is 2.20. The highest BCUT2D eigenvalue weighted by Crippen LogP contribution is 2.45. The topological polar surface area (TPSA) is 102 Å². The summed E-state index contributed by atoms with van der Waals surface area (Å²) in [6, 6.07) is -0.329. The van der Waals surface area contributed by atoms with Gasteiger partial charge in [-0.25, -0.2) is 24.9 Å². The van der Waals surface area contributed by atoms with Crippen molar-refractivity contribution in [3.05, 3.63) is 24.5 Å². The summed E-state index contributed by atoms with van der Waals surface area (Å²) in [6.07, 6.45) is 10.9. The molecule has 4 heterocycles. The zero-order chi connectivity index (χ0) is 22.3. The number of anilines is 1. The molecule has 32 heavy (non-hydrogen) atoms. The van der Waals surface area contributed by atoms with Crippen molar-refractivity contribution in [2.45, 2.75) is 65.5 Å². The first kappa shape index (κ1) is 20.8. The largest absolute Gasteiger partial charge is 0.356 e. The van der Waals surface area contributed by atoms with Crippen LogP contribution in [0.2, 0.25) is 0 Å². The number of hydrogen-bond acceptors (Lipinski definition) is 7. The van der Waals surface area contributed by atoms with Gasteiger partial charge < -0.3 is 14.8 Å². The molecule has 1 aliphatic carbocycles. The van der Waals surface area contributed by atoms with E-state index in [1.54, 1.807) is 12.4 Å². The van der Waals surface area contributed by atoms with Gasteiger partial charge in [-0.15, -0.1) is 0 Å². The van der Waals surface area contributed by atoms with Gasteiger partial charge in [0.1, 0.15) is 24.0 Å². The van der Waals surface area contributed by atoms with Crippen LogP contribution >= 0.6 is 0 Å². The fourth-order valence-corrected chi connectivity index (χ4v) is 5.15. The zero-order valence-corrected chi connectivity index (χ0v) is 19.0. The number of imidazole rings is 1. The number of carbonyl (C=O) groups excluding carboxylic acids is 1. The first-order valence-corrected chi connectivity index (χ1v) is 11.6. The molecule has 0 radical (unpaired) electrons. The molecule has 1 N–H and O–H groups in total. The van der Waals surface area contributed by atoms with Gasteiger partial charge in [0.2, 0.25) is 5.91 Å². The minimum absolute atomic E-state index is 0.152. The molecule has 1 aliphatic heterocycles. The highest BCUT2D eigenvalue weighted by atomic mass is 16.2. The molecule has 2 fully saturated rings. The Morgan fingerprint density at radius 3 is 2.50 bits per heavy atom. The summed E-state index contributed by atoms with van der Waals surface area (Å²) >= 11 is 0. The fourth-order valence-electron chi connectivity index (χ4n) is 5.15. The van der Waals surface area contributed by atoms with E-state index in [1.165, 1.54) is 32.0 Å². The van der Waals surface area contributed by atoms with E-state index in [0.29, 0.717) is 35.5 Å². The minimum atomic E-state index is -0.329. The lowest BCUT2D eigenvalue weighted by Crippen LogP contribution is -2.60. The highest BCUT2D eigenvalue weighted by Gasteiger charge is 2.47. The maximum atomic E-state index is 13.2. The third kappa shape index (κ3) is 3.49. The molecule has 3 aromatic rings. The van der Waals surface area contributed by atoms with Gasteiger partial charge in [-0.1, -0.05) is 19.8 Å². The lowest BCUT2D eigenvalue weighted by atomic mass is 9.78. The van der Waals surface area contributed by atoms with E-state index >= 15 is 0 Å². The molecular weight excluding hydrogens is 404 g/mol. The summed E-state index contributed by atoms with van der Waals surface area (Å²) < 4.78 is 2.03. The Morgan fingerprint density at radius 1 is 1.12 bits per heavy atom. The second-order valence-corrected chi connectivity index (χ2v) is 9.10. The lowest BCUT2D eigenvalue weighted by molar-refractivity contribution is -0.144. The second-order valence-electron chi connectivity index (χ2n) is 9.10. The number of fused-ring (bicyclic) bond motifs is 1. The van der Waals surface area contributed by atoms with E-state index in [9.17, 15) is 4.79 Å². The third-order valence-electron chi connectivity index (χ3n) is 6.93. The number of nitrogens with zero attached hydrogens (tertiary/aromatic N) is 7. The summed E-state index contributed by atoms with van der Waals surface area (Å²) in [5, 5.41) is 3.38. The standard InChI is InChI=1S/C23H30N8O/c1-4-17(22(32)30-12-23(13-30)8-6-7-9-23)28-19-18-21(27-14-26-19)31(5-2)20(29-18)16-10-24-15(3)25-11-16/h10-11,14,17H,4-9,12-13H2,1-3H3,(H,26,27,28)/t17-/m1/s1. The molecule has 0 bridgehead atoms. The molecule has 0 aromatic carbocycles. The monoisotopic (exact) mass is 434 g/mol. The van der Waals surface area contributed by atoms with Crippen molar-refractivity contribution in [3.8, 4) is 11.4 Å². The molecule has 168 valence electrons. The number of carbonyl (C=O) groups is 1. The van der Waals surface area contributed by atoms with Crippen molar-refractivity contribution in [3.63, 3.8) is 0 Å².